The maximum absolute atomic E-state index is 10.0. The van der Waals surface area contributed by atoms with Gasteiger partial charge in [-0.3, -0.25) is 0 Å². The first-order valence-corrected chi connectivity index (χ1v) is 5.64. The summed E-state index contributed by atoms with van der Waals surface area (Å²) in [7, 11) is 0. The van der Waals surface area contributed by atoms with E-state index in [-0.39, 0.29) is 11.5 Å². The molecule has 0 amide bonds. The SMILES string of the molecule is CCC(C)(CC)C(O)CCC(C)C. The molecule has 80 valence electrons. The van der Waals surface area contributed by atoms with E-state index in [0.29, 0.717) is 5.92 Å². The zero-order valence-corrected chi connectivity index (χ0v) is 9.93. The fraction of sp³-hybridized carbons (Fsp3) is 1.00. The van der Waals surface area contributed by atoms with Crippen LogP contribution in [0.4, 0.5) is 0 Å². The number of aliphatic hydroxyl groups is 1. The summed E-state index contributed by atoms with van der Waals surface area (Å²) in [5, 5.41) is 10.0. The zero-order chi connectivity index (χ0) is 10.5. The molecule has 0 fully saturated rings. The van der Waals surface area contributed by atoms with Crippen molar-refractivity contribution in [1.29, 1.82) is 0 Å². The molecule has 0 saturated carbocycles. The number of hydrogen-bond donors (Lipinski definition) is 1. The second-order valence-corrected chi connectivity index (χ2v) is 4.85. The van der Waals surface area contributed by atoms with E-state index in [0.717, 1.165) is 25.7 Å². The number of aliphatic hydroxyl groups excluding tert-OH is 1. The third-order valence-corrected chi connectivity index (χ3v) is 3.44. The van der Waals surface area contributed by atoms with Crippen molar-refractivity contribution in [3.63, 3.8) is 0 Å². The highest BCUT2D eigenvalue weighted by atomic mass is 16.3. The molecule has 0 saturated heterocycles. The summed E-state index contributed by atoms with van der Waals surface area (Å²) in [4.78, 5) is 0. The predicted octanol–water partition coefficient (Wildman–Crippen LogP) is 3.61. The third kappa shape index (κ3) is 4.12. The van der Waals surface area contributed by atoms with Gasteiger partial charge in [0.25, 0.3) is 0 Å². The van der Waals surface area contributed by atoms with Gasteiger partial charge >= 0.3 is 0 Å². The van der Waals surface area contributed by atoms with Crippen molar-refractivity contribution < 1.29 is 5.11 Å². The summed E-state index contributed by atoms with van der Waals surface area (Å²) in [5.74, 6) is 0.701. The Morgan fingerprint density at radius 2 is 1.54 bits per heavy atom. The molecule has 1 nitrogen and oxygen atoms in total. The van der Waals surface area contributed by atoms with Gasteiger partial charge in [0.05, 0.1) is 6.10 Å². The van der Waals surface area contributed by atoms with Gasteiger partial charge in [-0.15, -0.1) is 0 Å². The van der Waals surface area contributed by atoms with Crippen LogP contribution in [0.5, 0.6) is 0 Å². The van der Waals surface area contributed by atoms with E-state index in [1.54, 1.807) is 0 Å². The Morgan fingerprint density at radius 1 is 1.08 bits per heavy atom. The summed E-state index contributed by atoms with van der Waals surface area (Å²) >= 11 is 0. The topological polar surface area (TPSA) is 20.2 Å². The Hall–Kier alpha value is -0.0400. The largest absolute Gasteiger partial charge is 0.393 e. The summed E-state index contributed by atoms with van der Waals surface area (Å²) < 4.78 is 0. The molecule has 0 heterocycles. The van der Waals surface area contributed by atoms with Gasteiger partial charge in [-0.25, -0.2) is 0 Å². The lowest BCUT2D eigenvalue weighted by Gasteiger charge is -2.33. The number of rotatable bonds is 6. The molecule has 0 aliphatic rings. The lowest BCUT2D eigenvalue weighted by molar-refractivity contribution is 0.0209. The Labute approximate surface area is 83.5 Å². The van der Waals surface area contributed by atoms with Crippen molar-refractivity contribution in [2.24, 2.45) is 11.3 Å². The van der Waals surface area contributed by atoms with Gasteiger partial charge in [-0.2, -0.15) is 0 Å². The average molecular weight is 186 g/mol. The number of hydrogen-bond acceptors (Lipinski definition) is 1. The van der Waals surface area contributed by atoms with Crippen LogP contribution < -0.4 is 0 Å². The maximum Gasteiger partial charge on any atom is 0.0593 e. The molecule has 0 aliphatic carbocycles. The molecule has 1 N–H and O–H groups in total. The lowest BCUT2D eigenvalue weighted by atomic mass is 9.77. The standard InChI is InChI=1S/C12H26O/c1-6-12(5,7-2)11(13)9-8-10(3)4/h10-11,13H,6-9H2,1-5H3. The van der Waals surface area contributed by atoms with Gasteiger partial charge in [-0.1, -0.05) is 34.6 Å². The van der Waals surface area contributed by atoms with Crippen LogP contribution in [0.1, 0.15) is 60.3 Å². The first kappa shape index (κ1) is 13.0. The highest BCUT2D eigenvalue weighted by Crippen LogP contribution is 2.32. The van der Waals surface area contributed by atoms with Gasteiger partial charge in [0.15, 0.2) is 0 Å². The van der Waals surface area contributed by atoms with E-state index in [9.17, 15) is 5.11 Å². The van der Waals surface area contributed by atoms with Crippen LogP contribution in [0.2, 0.25) is 0 Å². The molecular weight excluding hydrogens is 160 g/mol. The molecule has 0 aromatic heterocycles. The minimum Gasteiger partial charge on any atom is -0.393 e. The van der Waals surface area contributed by atoms with Gasteiger partial charge in [0, 0.05) is 0 Å². The van der Waals surface area contributed by atoms with Crippen molar-refractivity contribution in [1.82, 2.24) is 0 Å². The smallest absolute Gasteiger partial charge is 0.0593 e. The minimum atomic E-state index is -0.120. The molecule has 0 aliphatic heterocycles. The molecule has 0 radical (unpaired) electrons. The van der Waals surface area contributed by atoms with Crippen LogP contribution in [0.3, 0.4) is 0 Å². The van der Waals surface area contributed by atoms with Gasteiger partial charge < -0.3 is 5.11 Å². The van der Waals surface area contributed by atoms with E-state index in [4.69, 9.17) is 0 Å². The summed E-state index contributed by atoms with van der Waals surface area (Å²) in [6.45, 7) is 11.0. The van der Waals surface area contributed by atoms with E-state index in [1.807, 2.05) is 0 Å². The molecule has 13 heavy (non-hydrogen) atoms. The van der Waals surface area contributed by atoms with Crippen molar-refractivity contribution in [3.05, 3.63) is 0 Å². The molecule has 0 aromatic carbocycles. The van der Waals surface area contributed by atoms with Gasteiger partial charge in [0.1, 0.15) is 0 Å². The molecule has 0 spiro atoms. The van der Waals surface area contributed by atoms with Crippen molar-refractivity contribution in [2.45, 2.75) is 66.4 Å². The Morgan fingerprint density at radius 3 is 1.85 bits per heavy atom. The molecule has 1 unspecified atom stereocenters. The first-order valence-electron chi connectivity index (χ1n) is 5.64. The third-order valence-electron chi connectivity index (χ3n) is 3.44. The molecular formula is C12H26O. The first-order chi connectivity index (χ1) is 5.96. The van der Waals surface area contributed by atoms with Crippen LogP contribution in [0, 0.1) is 11.3 Å². The lowest BCUT2D eigenvalue weighted by Crippen LogP contribution is -2.31. The predicted molar refractivity (Wildman–Crippen MR) is 58.8 cm³/mol. The van der Waals surface area contributed by atoms with Crippen LogP contribution in [-0.2, 0) is 0 Å². The molecule has 1 atom stereocenters. The summed E-state index contributed by atoms with van der Waals surface area (Å²) in [6, 6.07) is 0. The van der Waals surface area contributed by atoms with Crippen molar-refractivity contribution >= 4 is 0 Å². The van der Waals surface area contributed by atoms with Gasteiger partial charge in [0.2, 0.25) is 0 Å². The van der Waals surface area contributed by atoms with Crippen molar-refractivity contribution in [2.75, 3.05) is 0 Å². The Kier molecular flexibility index (Phi) is 5.62. The summed E-state index contributed by atoms with van der Waals surface area (Å²) in [5.41, 5.74) is 0.134. The highest BCUT2D eigenvalue weighted by Gasteiger charge is 2.28. The second kappa shape index (κ2) is 5.64. The minimum absolute atomic E-state index is 0.120. The van der Waals surface area contributed by atoms with Crippen LogP contribution in [0.25, 0.3) is 0 Å². The van der Waals surface area contributed by atoms with E-state index in [2.05, 4.69) is 34.6 Å². The molecule has 0 rings (SSSR count). The van der Waals surface area contributed by atoms with Crippen LogP contribution in [0.15, 0.2) is 0 Å². The van der Waals surface area contributed by atoms with E-state index >= 15 is 0 Å². The van der Waals surface area contributed by atoms with Crippen molar-refractivity contribution in [3.8, 4) is 0 Å². The monoisotopic (exact) mass is 186 g/mol. The molecule has 1 heteroatoms. The highest BCUT2D eigenvalue weighted by molar-refractivity contribution is 4.79. The zero-order valence-electron chi connectivity index (χ0n) is 9.93. The normalized spacial score (nSPS) is 15.0. The summed E-state index contributed by atoms with van der Waals surface area (Å²) in [6.07, 6.45) is 4.11. The average Bonchev–Trinajstić information content (AvgIpc) is 2.12. The maximum atomic E-state index is 10.0. The molecule has 0 bridgehead atoms. The second-order valence-electron chi connectivity index (χ2n) is 4.85. The Balaban J connectivity index is 3.99. The fourth-order valence-electron chi connectivity index (χ4n) is 1.56. The van der Waals surface area contributed by atoms with Crippen LogP contribution in [-0.4, -0.2) is 11.2 Å². The van der Waals surface area contributed by atoms with Gasteiger partial charge in [-0.05, 0) is 37.0 Å². The molecule has 0 aromatic rings. The van der Waals surface area contributed by atoms with E-state index in [1.165, 1.54) is 0 Å². The van der Waals surface area contributed by atoms with E-state index < -0.39 is 0 Å². The van der Waals surface area contributed by atoms with Crippen LogP contribution >= 0.6 is 0 Å². The Bertz CT molecular complexity index is 125. The fourth-order valence-corrected chi connectivity index (χ4v) is 1.56. The quantitative estimate of drug-likeness (QED) is 0.672.